The highest BCUT2D eigenvalue weighted by atomic mass is 35.5. The molecule has 0 saturated heterocycles. The molecule has 1 heterocycles. The first-order valence-corrected chi connectivity index (χ1v) is 11.9. The van der Waals surface area contributed by atoms with Crippen molar-refractivity contribution in [2.45, 2.75) is 18.3 Å². The molecule has 2 N–H and O–H groups in total. The van der Waals surface area contributed by atoms with E-state index in [9.17, 15) is 31.2 Å². The average Bonchev–Trinajstić information content (AvgIpc) is 2.74. The quantitative estimate of drug-likeness (QED) is 0.587. The Balaban J connectivity index is 2.09. The summed E-state index contributed by atoms with van der Waals surface area (Å²) in [6.07, 6.45) is -5.14. The van der Waals surface area contributed by atoms with E-state index in [0.717, 1.165) is 11.2 Å². The number of carbonyl (C=O) groups is 2. The van der Waals surface area contributed by atoms with Crippen LogP contribution in [0.5, 0.6) is 5.75 Å². The molecule has 3 rings (SSSR count). The van der Waals surface area contributed by atoms with Crippen LogP contribution in [0, 0.1) is 0 Å². The lowest BCUT2D eigenvalue weighted by Gasteiger charge is -2.42. The lowest BCUT2D eigenvalue weighted by atomic mass is 9.97. The number of nitrogens with zero attached hydrogens (tertiary/aromatic N) is 1. The van der Waals surface area contributed by atoms with E-state index in [4.69, 9.17) is 16.3 Å². The van der Waals surface area contributed by atoms with E-state index in [1.54, 1.807) is 35.6 Å². The van der Waals surface area contributed by atoms with Crippen molar-refractivity contribution < 1.29 is 35.9 Å². The summed E-state index contributed by atoms with van der Waals surface area (Å²) in [5.41, 5.74) is 0.733. The van der Waals surface area contributed by atoms with Gasteiger partial charge in [-0.3, -0.25) is 19.2 Å². The summed E-state index contributed by atoms with van der Waals surface area (Å²) < 4.78 is 69.9. The lowest BCUT2D eigenvalue weighted by Crippen LogP contribution is -2.55. The van der Waals surface area contributed by atoms with Gasteiger partial charge < -0.3 is 10.1 Å². The van der Waals surface area contributed by atoms with Gasteiger partial charge in [-0.25, -0.2) is 8.42 Å². The van der Waals surface area contributed by atoms with Gasteiger partial charge in [0, 0.05) is 6.54 Å². The number of alkyl halides is 4. The molecule has 0 saturated carbocycles. The van der Waals surface area contributed by atoms with E-state index in [-0.39, 0.29) is 17.1 Å². The summed E-state index contributed by atoms with van der Waals surface area (Å²) >= 11 is 5.78. The molecule has 0 radical (unpaired) electrons. The van der Waals surface area contributed by atoms with E-state index >= 15 is 0 Å². The van der Waals surface area contributed by atoms with Crippen LogP contribution in [-0.2, 0) is 19.6 Å². The highest BCUT2D eigenvalue weighted by molar-refractivity contribution is 7.92. The minimum absolute atomic E-state index is 0.0905. The number of fused-ring (bicyclic) bond motifs is 1. The van der Waals surface area contributed by atoms with Crippen LogP contribution in [0.3, 0.4) is 0 Å². The first-order chi connectivity index (χ1) is 15.4. The molecule has 2 atom stereocenters. The smallest absolute Gasteiger partial charge is 0.471 e. The van der Waals surface area contributed by atoms with Gasteiger partial charge in [0.25, 0.3) is 0 Å². The van der Waals surface area contributed by atoms with E-state index in [1.807, 2.05) is 0 Å². The number of benzene rings is 2. The summed E-state index contributed by atoms with van der Waals surface area (Å²) in [7, 11) is -3.65. The Morgan fingerprint density at radius 3 is 2.39 bits per heavy atom. The second kappa shape index (κ2) is 9.48. The van der Waals surface area contributed by atoms with E-state index in [0.29, 0.717) is 5.56 Å². The third-order valence-electron chi connectivity index (χ3n) is 4.70. The van der Waals surface area contributed by atoms with Crippen molar-refractivity contribution in [1.29, 1.82) is 0 Å². The third-order valence-corrected chi connectivity index (χ3v) is 5.53. The fourth-order valence-electron chi connectivity index (χ4n) is 3.42. The zero-order chi connectivity index (χ0) is 24.4. The van der Waals surface area contributed by atoms with Gasteiger partial charge in [-0.1, -0.05) is 30.3 Å². The maximum atomic E-state index is 12.8. The van der Waals surface area contributed by atoms with Crippen molar-refractivity contribution in [2.75, 3.05) is 28.3 Å². The maximum Gasteiger partial charge on any atom is 0.471 e. The molecule has 2 aromatic rings. The zero-order valence-electron chi connectivity index (χ0n) is 17.1. The van der Waals surface area contributed by atoms with Crippen LogP contribution in [0.1, 0.15) is 11.7 Å². The molecular weight excluding hydrogens is 487 g/mol. The molecule has 8 nitrogen and oxygen atoms in total. The van der Waals surface area contributed by atoms with Crippen LogP contribution in [0.2, 0.25) is 0 Å². The van der Waals surface area contributed by atoms with Gasteiger partial charge in [0.15, 0.2) is 0 Å². The normalized spacial score (nSPS) is 18.2. The van der Waals surface area contributed by atoms with Crippen molar-refractivity contribution in [3.8, 4) is 5.75 Å². The summed E-state index contributed by atoms with van der Waals surface area (Å²) in [5, 5.41) is 1.79. The number of nitrogens with one attached hydrogen (secondary N) is 2. The molecule has 1 aliphatic heterocycles. The minimum Gasteiger partial charge on any atom is -0.481 e. The van der Waals surface area contributed by atoms with Gasteiger partial charge in [-0.15, -0.1) is 11.6 Å². The summed E-state index contributed by atoms with van der Waals surface area (Å²) in [4.78, 5) is 25.4. The number of hydrogen-bond donors (Lipinski definition) is 2. The van der Waals surface area contributed by atoms with Gasteiger partial charge in [0.05, 0.1) is 23.7 Å². The molecule has 2 aromatic carbocycles. The monoisotopic (exact) mass is 505 g/mol. The first kappa shape index (κ1) is 24.6. The average molecular weight is 506 g/mol. The molecule has 33 heavy (non-hydrogen) atoms. The van der Waals surface area contributed by atoms with Crippen LogP contribution in [0.15, 0.2) is 48.5 Å². The van der Waals surface area contributed by atoms with Gasteiger partial charge in [0.2, 0.25) is 15.9 Å². The van der Waals surface area contributed by atoms with Crippen LogP contribution >= 0.6 is 11.6 Å². The molecule has 2 amide bonds. The Hall–Kier alpha value is -2.99. The molecule has 0 bridgehead atoms. The van der Waals surface area contributed by atoms with E-state index < -0.39 is 52.6 Å². The number of sulfonamides is 1. The number of anilines is 2. The van der Waals surface area contributed by atoms with Crippen molar-refractivity contribution in [2.24, 2.45) is 0 Å². The first-order valence-electron chi connectivity index (χ1n) is 9.47. The van der Waals surface area contributed by atoms with Gasteiger partial charge >= 0.3 is 12.1 Å². The van der Waals surface area contributed by atoms with Gasteiger partial charge in [-0.2, -0.15) is 13.2 Å². The fraction of sp³-hybridized carbons (Fsp3) is 0.300. The lowest BCUT2D eigenvalue weighted by molar-refractivity contribution is -0.173. The van der Waals surface area contributed by atoms with Crippen molar-refractivity contribution >= 4 is 44.8 Å². The second-order valence-electron chi connectivity index (χ2n) is 7.18. The number of hydrogen-bond acceptors (Lipinski definition) is 5. The zero-order valence-corrected chi connectivity index (χ0v) is 18.7. The molecule has 1 aliphatic rings. The number of carbonyl (C=O) groups excluding carboxylic acids is 2. The van der Waals surface area contributed by atoms with Gasteiger partial charge in [0.1, 0.15) is 17.7 Å². The summed E-state index contributed by atoms with van der Waals surface area (Å²) in [6, 6.07) is 11.5. The van der Waals surface area contributed by atoms with Gasteiger partial charge in [-0.05, 0) is 23.8 Å². The molecule has 0 fully saturated rings. The summed E-state index contributed by atoms with van der Waals surface area (Å²) in [5.74, 6) is -3.19. The van der Waals surface area contributed by atoms with Crippen LogP contribution in [-0.4, -0.2) is 51.1 Å². The Bertz CT molecular complexity index is 1150. The largest absolute Gasteiger partial charge is 0.481 e. The third kappa shape index (κ3) is 5.88. The molecule has 2 unspecified atom stereocenters. The molecule has 0 spiro atoms. The van der Waals surface area contributed by atoms with Crippen molar-refractivity contribution in [3.05, 3.63) is 54.1 Å². The summed E-state index contributed by atoms with van der Waals surface area (Å²) in [6.45, 7) is -0.607. The number of ether oxygens (including phenoxy) is 1. The molecule has 0 aromatic heterocycles. The Labute approximate surface area is 192 Å². The number of amides is 2. The maximum absolute atomic E-state index is 12.8. The van der Waals surface area contributed by atoms with Crippen LogP contribution < -0.4 is 19.7 Å². The van der Waals surface area contributed by atoms with Crippen molar-refractivity contribution in [3.63, 3.8) is 0 Å². The van der Waals surface area contributed by atoms with E-state index in [1.165, 1.54) is 18.2 Å². The molecular formula is C20H19ClF3N3O5S. The SMILES string of the molecule is CS(=O)(=O)Nc1ccc2c(c1)N(C(=O)CCl)C(CNC(=O)C(F)(F)F)C(c1ccccc1)O2. The van der Waals surface area contributed by atoms with Crippen molar-refractivity contribution in [1.82, 2.24) is 5.32 Å². The topological polar surface area (TPSA) is 105 Å². The number of rotatable bonds is 6. The fourth-order valence-corrected chi connectivity index (χ4v) is 4.11. The predicted octanol–water partition coefficient (Wildman–Crippen LogP) is 2.81. The minimum atomic E-state index is -5.12. The Morgan fingerprint density at radius 2 is 1.82 bits per heavy atom. The van der Waals surface area contributed by atoms with Crippen LogP contribution in [0.4, 0.5) is 24.5 Å². The highest BCUT2D eigenvalue weighted by Gasteiger charge is 2.43. The molecule has 13 heteroatoms. The standard InChI is InChI=1S/C20H19ClF3N3O5S/c1-33(30,31)26-13-7-8-16-14(9-13)27(17(28)10-21)15(11-25-19(29)20(22,23)24)18(32-16)12-5-3-2-4-6-12/h2-9,15,18,26H,10-11H2,1H3,(H,25,29). The second-order valence-corrected chi connectivity index (χ2v) is 9.19. The van der Waals surface area contributed by atoms with E-state index in [2.05, 4.69) is 4.72 Å². The Kier molecular flexibility index (Phi) is 7.08. The Morgan fingerprint density at radius 1 is 1.15 bits per heavy atom. The van der Waals surface area contributed by atoms with Crippen LogP contribution in [0.25, 0.3) is 0 Å². The number of halogens is 4. The predicted molar refractivity (Wildman–Crippen MR) is 116 cm³/mol. The molecule has 178 valence electrons. The molecule has 0 aliphatic carbocycles. The highest BCUT2D eigenvalue weighted by Crippen LogP contribution is 2.43.